The number of nitrogen functional groups attached to an aromatic ring is 1. The number of hydrogen-bond acceptors (Lipinski definition) is 5. The number of ether oxygens (including phenoxy) is 1. The molecule has 3 heterocycles. The Morgan fingerprint density at radius 3 is 3.14 bits per heavy atom. The van der Waals surface area contributed by atoms with Crippen molar-refractivity contribution in [2.45, 2.75) is 19.4 Å². The number of nitrogens with two attached hydrogens (primary N) is 1. The predicted molar refractivity (Wildman–Crippen MR) is 86.7 cm³/mol. The highest BCUT2D eigenvalue weighted by atomic mass is 32.1. The Morgan fingerprint density at radius 2 is 2.41 bits per heavy atom. The Morgan fingerprint density at radius 1 is 1.55 bits per heavy atom. The normalized spacial score (nSPS) is 18.4. The Bertz CT molecular complexity index is 637. The molecule has 1 fully saturated rings. The van der Waals surface area contributed by atoms with Crippen molar-refractivity contribution in [3.8, 4) is 0 Å². The standard InChI is InChI=1S/C16H19N3O2S/c1-11-7-12(17)8-14(18-11)15-10-19(4-5-21-15)16(20)9-13-3-2-6-22-13/h2-3,6-8,15H,4-5,9-10H2,1H3,(H2,17,18)/t15-/m1/s1. The zero-order valence-electron chi connectivity index (χ0n) is 12.5. The van der Waals surface area contributed by atoms with Gasteiger partial charge in [-0.15, -0.1) is 11.3 Å². The van der Waals surface area contributed by atoms with Crippen molar-refractivity contribution in [2.24, 2.45) is 0 Å². The van der Waals surface area contributed by atoms with Crippen LogP contribution in [0.3, 0.4) is 0 Å². The van der Waals surface area contributed by atoms with Crippen molar-refractivity contribution in [1.29, 1.82) is 0 Å². The number of anilines is 1. The van der Waals surface area contributed by atoms with E-state index in [1.807, 2.05) is 41.5 Å². The molecule has 6 heteroatoms. The molecule has 0 saturated carbocycles. The van der Waals surface area contributed by atoms with E-state index in [-0.39, 0.29) is 12.0 Å². The summed E-state index contributed by atoms with van der Waals surface area (Å²) in [6.45, 7) is 3.58. The molecule has 0 unspecified atom stereocenters. The molecule has 1 atom stereocenters. The second-order valence-corrected chi connectivity index (χ2v) is 6.45. The SMILES string of the molecule is Cc1cc(N)cc([C@H]2CN(C(=O)Cc3cccs3)CCO2)n1. The summed E-state index contributed by atoms with van der Waals surface area (Å²) < 4.78 is 5.78. The summed E-state index contributed by atoms with van der Waals surface area (Å²) in [5.74, 6) is 0.136. The molecule has 22 heavy (non-hydrogen) atoms. The zero-order chi connectivity index (χ0) is 15.5. The molecule has 0 bridgehead atoms. The molecule has 1 aliphatic heterocycles. The van der Waals surface area contributed by atoms with Crippen molar-refractivity contribution < 1.29 is 9.53 Å². The lowest BCUT2D eigenvalue weighted by Crippen LogP contribution is -2.43. The third-order valence-electron chi connectivity index (χ3n) is 3.65. The quantitative estimate of drug-likeness (QED) is 0.942. The van der Waals surface area contributed by atoms with Crippen LogP contribution in [-0.4, -0.2) is 35.5 Å². The Labute approximate surface area is 133 Å². The number of carbonyl (C=O) groups is 1. The number of morpholine rings is 1. The largest absolute Gasteiger partial charge is 0.399 e. The van der Waals surface area contributed by atoms with Crippen molar-refractivity contribution in [3.63, 3.8) is 0 Å². The van der Waals surface area contributed by atoms with Crippen LogP contribution in [-0.2, 0) is 16.0 Å². The van der Waals surface area contributed by atoms with Crippen LogP contribution >= 0.6 is 11.3 Å². The van der Waals surface area contributed by atoms with Crippen LogP contribution in [0.5, 0.6) is 0 Å². The van der Waals surface area contributed by atoms with Crippen LogP contribution in [0, 0.1) is 6.92 Å². The predicted octanol–water partition coefficient (Wildman–Crippen LogP) is 2.18. The van der Waals surface area contributed by atoms with Crippen LogP contribution in [0.4, 0.5) is 5.69 Å². The molecule has 3 rings (SSSR count). The van der Waals surface area contributed by atoms with Gasteiger partial charge in [0.1, 0.15) is 6.10 Å². The lowest BCUT2D eigenvalue weighted by molar-refractivity contribution is -0.138. The van der Waals surface area contributed by atoms with Gasteiger partial charge in [-0.25, -0.2) is 0 Å². The molecule has 5 nitrogen and oxygen atoms in total. The Kier molecular flexibility index (Phi) is 4.40. The summed E-state index contributed by atoms with van der Waals surface area (Å²) in [7, 11) is 0. The molecule has 2 N–H and O–H groups in total. The highest BCUT2D eigenvalue weighted by molar-refractivity contribution is 7.10. The van der Waals surface area contributed by atoms with Crippen LogP contribution in [0.25, 0.3) is 0 Å². The highest BCUT2D eigenvalue weighted by Gasteiger charge is 2.26. The van der Waals surface area contributed by atoms with Gasteiger partial charge < -0.3 is 15.4 Å². The summed E-state index contributed by atoms with van der Waals surface area (Å²) in [5, 5.41) is 1.99. The van der Waals surface area contributed by atoms with E-state index in [0.717, 1.165) is 16.3 Å². The first-order valence-corrected chi connectivity index (χ1v) is 8.15. The maximum Gasteiger partial charge on any atom is 0.228 e. The molecular formula is C16H19N3O2S. The summed E-state index contributed by atoms with van der Waals surface area (Å²) in [4.78, 5) is 19.8. The van der Waals surface area contributed by atoms with Gasteiger partial charge in [-0.2, -0.15) is 0 Å². The van der Waals surface area contributed by atoms with Crippen molar-refractivity contribution in [2.75, 3.05) is 25.4 Å². The van der Waals surface area contributed by atoms with Crippen LogP contribution in [0.15, 0.2) is 29.6 Å². The number of nitrogens with zero attached hydrogens (tertiary/aromatic N) is 2. The van der Waals surface area contributed by atoms with E-state index in [1.165, 1.54) is 0 Å². The minimum Gasteiger partial charge on any atom is -0.399 e. The van der Waals surface area contributed by atoms with Gasteiger partial charge in [-0.3, -0.25) is 9.78 Å². The fourth-order valence-corrected chi connectivity index (χ4v) is 3.31. The Balaban J connectivity index is 1.69. The number of hydrogen-bond donors (Lipinski definition) is 1. The lowest BCUT2D eigenvalue weighted by Gasteiger charge is -2.33. The van der Waals surface area contributed by atoms with E-state index in [2.05, 4.69) is 4.98 Å². The van der Waals surface area contributed by atoms with Gasteiger partial charge in [0.15, 0.2) is 0 Å². The molecule has 1 amide bonds. The van der Waals surface area contributed by atoms with Crippen LogP contribution in [0.1, 0.15) is 22.4 Å². The van der Waals surface area contributed by atoms with Gasteiger partial charge in [0.05, 0.1) is 25.3 Å². The summed E-state index contributed by atoms with van der Waals surface area (Å²) in [6, 6.07) is 7.61. The van der Waals surface area contributed by atoms with Gasteiger partial charge in [0.25, 0.3) is 0 Å². The molecule has 0 aliphatic carbocycles. The summed E-state index contributed by atoms with van der Waals surface area (Å²) >= 11 is 1.61. The number of pyridine rings is 1. The number of aromatic nitrogens is 1. The van der Waals surface area contributed by atoms with Crippen LogP contribution in [0.2, 0.25) is 0 Å². The van der Waals surface area contributed by atoms with Gasteiger partial charge in [0, 0.05) is 22.8 Å². The average molecular weight is 317 g/mol. The van der Waals surface area contributed by atoms with E-state index in [1.54, 1.807) is 11.3 Å². The average Bonchev–Trinajstić information content (AvgIpc) is 2.99. The van der Waals surface area contributed by atoms with Gasteiger partial charge in [0.2, 0.25) is 5.91 Å². The fourth-order valence-electron chi connectivity index (χ4n) is 2.62. The molecule has 2 aromatic heterocycles. The summed E-state index contributed by atoms with van der Waals surface area (Å²) in [5.41, 5.74) is 8.21. The van der Waals surface area contributed by atoms with Gasteiger partial charge in [-0.1, -0.05) is 6.07 Å². The van der Waals surface area contributed by atoms with E-state index < -0.39 is 0 Å². The third kappa shape index (κ3) is 3.45. The Hall–Kier alpha value is -1.92. The number of amides is 1. The fraction of sp³-hybridized carbons (Fsp3) is 0.375. The number of carbonyl (C=O) groups excluding carboxylic acids is 1. The van der Waals surface area contributed by atoms with Gasteiger partial charge in [-0.05, 0) is 30.5 Å². The molecule has 0 spiro atoms. The third-order valence-corrected chi connectivity index (χ3v) is 4.53. The molecular weight excluding hydrogens is 298 g/mol. The molecule has 0 aromatic carbocycles. The maximum absolute atomic E-state index is 12.4. The van der Waals surface area contributed by atoms with Crippen molar-refractivity contribution in [1.82, 2.24) is 9.88 Å². The van der Waals surface area contributed by atoms with E-state index in [4.69, 9.17) is 10.5 Å². The molecule has 1 aliphatic rings. The smallest absolute Gasteiger partial charge is 0.228 e. The topological polar surface area (TPSA) is 68.5 Å². The lowest BCUT2D eigenvalue weighted by atomic mass is 10.1. The first-order valence-electron chi connectivity index (χ1n) is 7.27. The first kappa shape index (κ1) is 15.0. The van der Waals surface area contributed by atoms with E-state index >= 15 is 0 Å². The van der Waals surface area contributed by atoms with Crippen LogP contribution < -0.4 is 5.73 Å². The van der Waals surface area contributed by atoms with Crippen molar-refractivity contribution >= 4 is 22.9 Å². The number of aryl methyl sites for hydroxylation is 1. The molecule has 0 radical (unpaired) electrons. The monoisotopic (exact) mass is 317 g/mol. The number of thiophene rings is 1. The minimum absolute atomic E-state index is 0.136. The molecule has 1 saturated heterocycles. The van der Waals surface area contributed by atoms with E-state index in [0.29, 0.717) is 31.8 Å². The molecule has 2 aromatic rings. The molecule has 116 valence electrons. The highest BCUT2D eigenvalue weighted by Crippen LogP contribution is 2.23. The minimum atomic E-state index is -0.205. The second kappa shape index (κ2) is 6.46. The second-order valence-electron chi connectivity index (χ2n) is 5.42. The zero-order valence-corrected chi connectivity index (χ0v) is 13.3. The van der Waals surface area contributed by atoms with E-state index in [9.17, 15) is 4.79 Å². The van der Waals surface area contributed by atoms with Gasteiger partial charge >= 0.3 is 0 Å². The van der Waals surface area contributed by atoms with Crippen molar-refractivity contribution in [3.05, 3.63) is 45.9 Å². The maximum atomic E-state index is 12.4. The number of rotatable bonds is 3. The first-order chi connectivity index (χ1) is 10.6. The summed E-state index contributed by atoms with van der Waals surface area (Å²) in [6.07, 6.45) is 0.247.